The minimum atomic E-state index is 0.572. The van der Waals surface area contributed by atoms with Gasteiger partial charge < -0.3 is 14.2 Å². The van der Waals surface area contributed by atoms with Crippen LogP contribution >= 0.6 is 15.9 Å². The number of alkyl halides is 1. The summed E-state index contributed by atoms with van der Waals surface area (Å²) in [4.78, 5) is 4.88. The Kier molecular flexibility index (Phi) is 5.97. The van der Waals surface area contributed by atoms with Gasteiger partial charge >= 0.3 is 0 Å². The fraction of sp³-hybridized carbons (Fsp3) is 0.350. The topological polar surface area (TPSA) is 40.0 Å². The molecule has 5 heteroatoms. The van der Waals surface area contributed by atoms with Crippen LogP contribution in [0.4, 0.5) is 0 Å². The summed E-state index contributed by atoms with van der Waals surface area (Å²) in [6.45, 7) is 1.30. The maximum atomic E-state index is 5.91. The third kappa shape index (κ3) is 4.15. The molecule has 0 atom stereocenters. The molecular weight excluding hydrogens is 382 g/mol. The summed E-state index contributed by atoms with van der Waals surface area (Å²) >= 11 is 3.50. The van der Waals surface area contributed by atoms with Gasteiger partial charge in [-0.15, -0.1) is 0 Å². The molecule has 25 heavy (non-hydrogen) atoms. The molecule has 0 unspecified atom stereocenters. The van der Waals surface area contributed by atoms with E-state index in [-0.39, 0.29) is 0 Å². The van der Waals surface area contributed by atoms with E-state index in [4.69, 9.17) is 19.2 Å². The molecule has 1 heterocycles. The van der Waals surface area contributed by atoms with Crippen LogP contribution in [0.2, 0.25) is 0 Å². The Balaban J connectivity index is 1.89. The van der Waals surface area contributed by atoms with Gasteiger partial charge in [0.05, 0.1) is 27.4 Å². The van der Waals surface area contributed by atoms with Crippen molar-refractivity contribution < 1.29 is 14.2 Å². The third-order valence-corrected chi connectivity index (χ3v) is 4.91. The molecular formula is C20H22BrNO3. The van der Waals surface area contributed by atoms with E-state index in [9.17, 15) is 0 Å². The molecule has 0 saturated carbocycles. The first kappa shape index (κ1) is 17.8. The normalized spacial score (nSPS) is 15.2. The van der Waals surface area contributed by atoms with Gasteiger partial charge in [0.25, 0.3) is 0 Å². The standard InChI is InChI=1S/C20H22BrNO3/c1-23-16-7-6-15(19(11-16)24-2)13-22-18-4-3-9-25-20-10-14(12-21)5-8-17(18)20/h5-8,10-11H,3-4,9,12-13H2,1-2H3. The van der Waals surface area contributed by atoms with E-state index >= 15 is 0 Å². The van der Waals surface area contributed by atoms with E-state index in [2.05, 4.69) is 34.1 Å². The summed E-state index contributed by atoms with van der Waals surface area (Å²) in [5, 5.41) is 0.819. The van der Waals surface area contributed by atoms with Gasteiger partial charge in [-0.3, -0.25) is 4.99 Å². The molecule has 2 aromatic carbocycles. The van der Waals surface area contributed by atoms with Crippen LogP contribution in [-0.2, 0) is 11.9 Å². The van der Waals surface area contributed by atoms with Crippen molar-refractivity contribution in [3.63, 3.8) is 0 Å². The molecule has 3 rings (SSSR count). The van der Waals surface area contributed by atoms with Gasteiger partial charge in [-0.2, -0.15) is 0 Å². The quantitative estimate of drug-likeness (QED) is 0.675. The predicted octanol–water partition coefficient (Wildman–Crippen LogP) is 4.76. The molecule has 0 fully saturated rings. The number of benzene rings is 2. The summed E-state index contributed by atoms with van der Waals surface area (Å²) in [7, 11) is 3.32. The molecule has 0 spiro atoms. The lowest BCUT2D eigenvalue weighted by Gasteiger charge is -2.11. The van der Waals surface area contributed by atoms with Crippen LogP contribution < -0.4 is 14.2 Å². The first-order valence-corrected chi connectivity index (χ1v) is 9.43. The van der Waals surface area contributed by atoms with E-state index in [0.29, 0.717) is 6.54 Å². The number of hydrogen-bond acceptors (Lipinski definition) is 4. The average Bonchev–Trinajstić information content (AvgIpc) is 2.87. The summed E-state index contributed by atoms with van der Waals surface area (Å²) < 4.78 is 16.6. The lowest BCUT2D eigenvalue weighted by Crippen LogP contribution is -2.02. The highest BCUT2D eigenvalue weighted by atomic mass is 79.9. The van der Waals surface area contributed by atoms with Crippen LogP contribution in [0.3, 0.4) is 0 Å². The highest BCUT2D eigenvalue weighted by Gasteiger charge is 2.16. The Labute approximate surface area is 157 Å². The van der Waals surface area contributed by atoms with Gasteiger partial charge in [-0.1, -0.05) is 22.0 Å². The van der Waals surface area contributed by atoms with Crippen molar-refractivity contribution in [2.75, 3.05) is 20.8 Å². The molecule has 0 saturated heterocycles. The maximum Gasteiger partial charge on any atom is 0.128 e. The molecule has 0 radical (unpaired) electrons. The summed E-state index contributed by atoms with van der Waals surface area (Å²) in [6, 6.07) is 12.2. The van der Waals surface area contributed by atoms with E-state index in [1.165, 1.54) is 5.56 Å². The van der Waals surface area contributed by atoms with Crippen LogP contribution in [0, 0.1) is 0 Å². The first-order valence-electron chi connectivity index (χ1n) is 8.31. The summed E-state index contributed by atoms with van der Waals surface area (Å²) in [6.07, 6.45) is 1.88. The van der Waals surface area contributed by atoms with E-state index in [0.717, 1.165) is 58.9 Å². The van der Waals surface area contributed by atoms with Crippen molar-refractivity contribution in [2.45, 2.75) is 24.7 Å². The summed E-state index contributed by atoms with van der Waals surface area (Å²) in [5.74, 6) is 2.50. The van der Waals surface area contributed by atoms with Crippen LogP contribution in [-0.4, -0.2) is 26.5 Å². The molecule has 132 valence electrons. The van der Waals surface area contributed by atoms with Crippen molar-refractivity contribution in [1.82, 2.24) is 0 Å². The second-order valence-electron chi connectivity index (χ2n) is 5.86. The van der Waals surface area contributed by atoms with Crippen molar-refractivity contribution in [3.8, 4) is 17.2 Å². The molecule has 2 aromatic rings. The minimum Gasteiger partial charge on any atom is -0.497 e. The van der Waals surface area contributed by atoms with Crippen molar-refractivity contribution in [2.24, 2.45) is 4.99 Å². The number of aliphatic imine (C=N–C) groups is 1. The van der Waals surface area contributed by atoms with Gasteiger partial charge in [0.1, 0.15) is 17.2 Å². The fourth-order valence-electron chi connectivity index (χ4n) is 2.89. The molecule has 1 aliphatic heterocycles. The smallest absolute Gasteiger partial charge is 0.128 e. The molecule has 0 N–H and O–H groups in total. The van der Waals surface area contributed by atoms with Crippen molar-refractivity contribution in [3.05, 3.63) is 53.1 Å². The molecule has 0 aromatic heterocycles. The Morgan fingerprint density at radius 2 is 2.00 bits per heavy atom. The Bertz CT molecular complexity index is 774. The fourth-order valence-corrected chi connectivity index (χ4v) is 3.24. The summed E-state index contributed by atoms with van der Waals surface area (Å²) in [5.41, 5.74) is 4.43. The highest BCUT2D eigenvalue weighted by Crippen LogP contribution is 2.29. The van der Waals surface area contributed by atoms with Gasteiger partial charge in [-0.05, 0) is 42.7 Å². The Hall–Kier alpha value is -2.01. The molecule has 0 amide bonds. The predicted molar refractivity (Wildman–Crippen MR) is 104 cm³/mol. The largest absolute Gasteiger partial charge is 0.497 e. The van der Waals surface area contributed by atoms with Crippen LogP contribution in [0.1, 0.15) is 29.5 Å². The zero-order chi connectivity index (χ0) is 17.6. The monoisotopic (exact) mass is 403 g/mol. The van der Waals surface area contributed by atoms with E-state index in [1.54, 1.807) is 14.2 Å². The average molecular weight is 404 g/mol. The molecule has 0 bridgehead atoms. The lowest BCUT2D eigenvalue weighted by atomic mass is 10.0. The number of hydrogen-bond donors (Lipinski definition) is 0. The van der Waals surface area contributed by atoms with Gasteiger partial charge in [-0.25, -0.2) is 0 Å². The van der Waals surface area contributed by atoms with Crippen molar-refractivity contribution in [1.29, 1.82) is 0 Å². The Morgan fingerprint density at radius 1 is 1.12 bits per heavy atom. The van der Waals surface area contributed by atoms with E-state index < -0.39 is 0 Å². The van der Waals surface area contributed by atoms with Gasteiger partial charge in [0.2, 0.25) is 0 Å². The number of halogens is 1. The van der Waals surface area contributed by atoms with Crippen LogP contribution in [0.25, 0.3) is 0 Å². The second kappa shape index (κ2) is 8.39. The zero-order valence-electron chi connectivity index (χ0n) is 14.5. The minimum absolute atomic E-state index is 0.572. The number of nitrogens with zero attached hydrogens (tertiary/aromatic N) is 1. The highest BCUT2D eigenvalue weighted by molar-refractivity contribution is 9.08. The Morgan fingerprint density at radius 3 is 2.76 bits per heavy atom. The zero-order valence-corrected chi connectivity index (χ0v) is 16.1. The van der Waals surface area contributed by atoms with Crippen molar-refractivity contribution >= 4 is 21.6 Å². The lowest BCUT2D eigenvalue weighted by molar-refractivity contribution is 0.317. The number of rotatable bonds is 5. The number of ether oxygens (including phenoxy) is 3. The SMILES string of the molecule is COc1ccc(CN=C2CCCOc3cc(CBr)ccc32)c(OC)c1. The molecule has 0 aliphatic carbocycles. The first-order chi connectivity index (χ1) is 12.2. The molecule has 4 nitrogen and oxygen atoms in total. The van der Waals surface area contributed by atoms with E-state index in [1.807, 2.05) is 18.2 Å². The van der Waals surface area contributed by atoms with Gasteiger partial charge in [0, 0.05) is 28.2 Å². The van der Waals surface area contributed by atoms with Crippen LogP contribution in [0.15, 0.2) is 41.4 Å². The molecule has 1 aliphatic rings. The maximum absolute atomic E-state index is 5.91. The number of methoxy groups -OCH3 is 2. The van der Waals surface area contributed by atoms with Gasteiger partial charge in [0.15, 0.2) is 0 Å². The van der Waals surface area contributed by atoms with Crippen LogP contribution in [0.5, 0.6) is 17.2 Å². The second-order valence-corrected chi connectivity index (χ2v) is 6.42. The number of fused-ring (bicyclic) bond motifs is 1. The third-order valence-electron chi connectivity index (χ3n) is 4.26.